The fourth-order valence-corrected chi connectivity index (χ4v) is 2.57. The molecule has 0 aliphatic carbocycles. The lowest BCUT2D eigenvalue weighted by atomic mass is 10.0. The van der Waals surface area contributed by atoms with E-state index in [9.17, 15) is 4.79 Å². The van der Waals surface area contributed by atoms with Gasteiger partial charge in [0.2, 0.25) is 5.78 Å². The number of hydrogen-bond donors (Lipinski definition) is 0. The van der Waals surface area contributed by atoms with Crippen molar-refractivity contribution in [2.24, 2.45) is 0 Å². The zero-order chi connectivity index (χ0) is 15.7. The van der Waals surface area contributed by atoms with Crippen LogP contribution in [0.4, 0.5) is 0 Å². The lowest BCUT2D eigenvalue weighted by molar-refractivity contribution is 0.101. The standard InChI is InChI=1S/C19H18O3/c1-4-21-16-10-9-15-18(20)17(22-19(15)13(16)3)11-14-8-6-5-7-12(14)2/h5-11H,4H2,1-3H3/b17-11-. The minimum atomic E-state index is -0.0793. The molecule has 0 aromatic heterocycles. The van der Waals surface area contributed by atoms with Crippen LogP contribution in [0.3, 0.4) is 0 Å². The van der Waals surface area contributed by atoms with Gasteiger partial charge in [-0.1, -0.05) is 24.3 Å². The molecule has 2 aromatic rings. The smallest absolute Gasteiger partial charge is 0.231 e. The van der Waals surface area contributed by atoms with Gasteiger partial charge in [0.15, 0.2) is 5.76 Å². The minimum absolute atomic E-state index is 0.0793. The normalized spacial score (nSPS) is 14.9. The van der Waals surface area contributed by atoms with Crippen molar-refractivity contribution >= 4 is 11.9 Å². The molecular formula is C19H18O3. The van der Waals surface area contributed by atoms with Crippen LogP contribution in [0, 0.1) is 13.8 Å². The molecule has 0 N–H and O–H groups in total. The minimum Gasteiger partial charge on any atom is -0.493 e. The Morgan fingerprint density at radius 1 is 1.14 bits per heavy atom. The number of allylic oxidation sites excluding steroid dienone is 1. The monoisotopic (exact) mass is 294 g/mol. The molecule has 0 radical (unpaired) electrons. The van der Waals surface area contributed by atoms with Crippen LogP contribution in [0.1, 0.15) is 34.0 Å². The fourth-order valence-electron chi connectivity index (χ4n) is 2.57. The Bertz CT molecular complexity index is 772. The van der Waals surface area contributed by atoms with Crippen LogP contribution in [0.5, 0.6) is 11.5 Å². The highest BCUT2D eigenvalue weighted by Gasteiger charge is 2.30. The van der Waals surface area contributed by atoms with Crippen molar-refractivity contribution < 1.29 is 14.3 Å². The first-order valence-corrected chi connectivity index (χ1v) is 7.38. The van der Waals surface area contributed by atoms with Gasteiger partial charge in [-0.15, -0.1) is 0 Å². The predicted octanol–water partition coefficient (Wildman–Crippen LogP) is 4.32. The second kappa shape index (κ2) is 5.68. The first-order valence-electron chi connectivity index (χ1n) is 7.38. The molecule has 0 saturated carbocycles. The van der Waals surface area contributed by atoms with Crippen molar-refractivity contribution in [2.75, 3.05) is 6.61 Å². The number of carbonyl (C=O) groups is 1. The van der Waals surface area contributed by atoms with Crippen molar-refractivity contribution in [3.8, 4) is 11.5 Å². The largest absolute Gasteiger partial charge is 0.493 e. The highest BCUT2D eigenvalue weighted by molar-refractivity contribution is 6.15. The number of aryl methyl sites for hydroxylation is 1. The number of benzene rings is 2. The molecule has 1 heterocycles. The van der Waals surface area contributed by atoms with Gasteiger partial charge in [-0.2, -0.15) is 0 Å². The molecule has 0 bridgehead atoms. The molecular weight excluding hydrogens is 276 g/mol. The van der Waals surface area contributed by atoms with Gasteiger partial charge in [-0.3, -0.25) is 4.79 Å². The van der Waals surface area contributed by atoms with Crippen LogP contribution in [0.25, 0.3) is 6.08 Å². The first kappa shape index (κ1) is 14.4. The first-order chi connectivity index (χ1) is 10.6. The van der Waals surface area contributed by atoms with Crippen molar-refractivity contribution in [3.63, 3.8) is 0 Å². The van der Waals surface area contributed by atoms with Crippen molar-refractivity contribution in [2.45, 2.75) is 20.8 Å². The van der Waals surface area contributed by atoms with Crippen LogP contribution >= 0.6 is 0 Å². The van der Waals surface area contributed by atoms with Crippen LogP contribution < -0.4 is 9.47 Å². The molecule has 3 nitrogen and oxygen atoms in total. The lowest BCUT2D eigenvalue weighted by Crippen LogP contribution is -1.98. The fraction of sp³-hybridized carbons (Fsp3) is 0.211. The summed E-state index contributed by atoms with van der Waals surface area (Å²) in [5.41, 5.74) is 3.55. The van der Waals surface area contributed by atoms with Crippen molar-refractivity contribution in [1.82, 2.24) is 0 Å². The third-order valence-electron chi connectivity index (χ3n) is 3.81. The number of ether oxygens (including phenoxy) is 2. The van der Waals surface area contributed by atoms with E-state index in [1.807, 2.05) is 51.1 Å². The second-order valence-electron chi connectivity index (χ2n) is 5.29. The van der Waals surface area contributed by atoms with E-state index in [2.05, 4.69) is 0 Å². The molecule has 22 heavy (non-hydrogen) atoms. The Balaban J connectivity index is 2.01. The van der Waals surface area contributed by atoms with Gasteiger partial charge in [0, 0.05) is 5.56 Å². The van der Waals surface area contributed by atoms with Gasteiger partial charge < -0.3 is 9.47 Å². The van der Waals surface area contributed by atoms with Crippen LogP contribution in [-0.2, 0) is 0 Å². The summed E-state index contributed by atoms with van der Waals surface area (Å²) in [6.45, 7) is 6.44. The number of hydrogen-bond acceptors (Lipinski definition) is 3. The number of carbonyl (C=O) groups excluding carboxylic acids is 1. The van der Waals surface area contributed by atoms with Gasteiger partial charge in [-0.05, 0) is 50.1 Å². The Kier molecular flexibility index (Phi) is 3.72. The number of ketones is 1. The Morgan fingerprint density at radius 2 is 1.91 bits per heavy atom. The number of fused-ring (bicyclic) bond motifs is 1. The molecule has 3 heteroatoms. The molecule has 1 aliphatic rings. The van der Waals surface area contributed by atoms with E-state index in [4.69, 9.17) is 9.47 Å². The third-order valence-corrected chi connectivity index (χ3v) is 3.81. The van der Waals surface area contributed by atoms with Gasteiger partial charge in [0.1, 0.15) is 11.5 Å². The Hall–Kier alpha value is -2.55. The summed E-state index contributed by atoms with van der Waals surface area (Å²) >= 11 is 0. The van der Waals surface area contributed by atoms with Gasteiger partial charge in [-0.25, -0.2) is 0 Å². The average Bonchev–Trinajstić information content (AvgIpc) is 2.82. The maximum Gasteiger partial charge on any atom is 0.231 e. The van der Waals surface area contributed by atoms with E-state index >= 15 is 0 Å². The van der Waals surface area contributed by atoms with E-state index in [0.29, 0.717) is 23.7 Å². The molecule has 0 spiro atoms. The number of Topliss-reactive ketones (excluding diaryl/α,β-unsaturated/α-hetero) is 1. The maximum atomic E-state index is 12.5. The highest BCUT2D eigenvalue weighted by atomic mass is 16.5. The summed E-state index contributed by atoms with van der Waals surface area (Å²) in [6, 6.07) is 11.5. The van der Waals surface area contributed by atoms with Gasteiger partial charge in [0.25, 0.3) is 0 Å². The summed E-state index contributed by atoms with van der Waals surface area (Å²) < 4.78 is 11.4. The van der Waals surface area contributed by atoms with E-state index in [0.717, 1.165) is 22.4 Å². The van der Waals surface area contributed by atoms with Crippen LogP contribution in [0.15, 0.2) is 42.2 Å². The van der Waals surface area contributed by atoms with E-state index in [-0.39, 0.29) is 5.78 Å². The SMILES string of the molecule is CCOc1ccc2c(c1C)O/C(=C\c1ccccc1C)C2=O. The van der Waals surface area contributed by atoms with Crippen molar-refractivity contribution in [3.05, 3.63) is 64.4 Å². The molecule has 0 fully saturated rings. The summed E-state index contributed by atoms with van der Waals surface area (Å²) in [5, 5.41) is 0. The van der Waals surface area contributed by atoms with E-state index < -0.39 is 0 Å². The van der Waals surface area contributed by atoms with Gasteiger partial charge >= 0.3 is 0 Å². The quantitative estimate of drug-likeness (QED) is 0.791. The summed E-state index contributed by atoms with van der Waals surface area (Å²) in [4.78, 5) is 12.5. The van der Waals surface area contributed by atoms with Crippen molar-refractivity contribution in [1.29, 1.82) is 0 Å². The average molecular weight is 294 g/mol. The molecule has 3 rings (SSSR count). The molecule has 0 atom stereocenters. The summed E-state index contributed by atoms with van der Waals surface area (Å²) in [7, 11) is 0. The molecule has 0 amide bonds. The zero-order valence-electron chi connectivity index (χ0n) is 13.0. The van der Waals surface area contributed by atoms with E-state index in [1.54, 1.807) is 12.1 Å². The molecule has 1 aliphatic heterocycles. The lowest BCUT2D eigenvalue weighted by Gasteiger charge is -2.09. The molecule has 112 valence electrons. The molecule has 0 unspecified atom stereocenters. The zero-order valence-corrected chi connectivity index (χ0v) is 13.0. The van der Waals surface area contributed by atoms with Crippen LogP contribution in [-0.4, -0.2) is 12.4 Å². The van der Waals surface area contributed by atoms with Gasteiger partial charge in [0.05, 0.1) is 12.2 Å². The van der Waals surface area contributed by atoms with Crippen LogP contribution in [0.2, 0.25) is 0 Å². The summed E-state index contributed by atoms with van der Waals surface area (Å²) in [6.07, 6.45) is 1.80. The predicted molar refractivity (Wildman–Crippen MR) is 86.5 cm³/mol. The number of rotatable bonds is 3. The molecule has 0 saturated heterocycles. The highest BCUT2D eigenvalue weighted by Crippen LogP contribution is 2.39. The summed E-state index contributed by atoms with van der Waals surface area (Å²) in [5.74, 6) is 1.65. The topological polar surface area (TPSA) is 35.5 Å². The third kappa shape index (κ3) is 2.39. The second-order valence-corrected chi connectivity index (χ2v) is 5.29. The van der Waals surface area contributed by atoms with E-state index in [1.165, 1.54) is 0 Å². The Morgan fingerprint density at radius 3 is 2.64 bits per heavy atom. The molecule has 2 aromatic carbocycles. The maximum absolute atomic E-state index is 12.5. The Labute approximate surface area is 130 Å².